The third-order valence-electron chi connectivity index (χ3n) is 3.72. The summed E-state index contributed by atoms with van der Waals surface area (Å²) in [6.07, 6.45) is 1.96. The van der Waals surface area contributed by atoms with Gasteiger partial charge >= 0.3 is 5.69 Å². The monoisotopic (exact) mass is 389 g/mol. The molecule has 8 nitrogen and oxygen atoms in total. The number of ether oxygens (including phenoxy) is 1. The fraction of sp³-hybridized carbons (Fsp3) is 0.263. The SMILES string of the molecule is CCCCOc1ccc(C(=O)NCC(=O)Nc2ccc(F)c([N+](=O)[O-])c2)cc1. The smallest absolute Gasteiger partial charge is 0.306 e. The van der Waals surface area contributed by atoms with Gasteiger partial charge in [-0.3, -0.25) is 19.7 Å². The Hall–Kier alpha value is -3.49. The van der Waals surface area contributed by atoms with Crippen LogP contribution in [-0.4, -0.2) is 29.9 Å². The Bertz CT molecular complexity index is 855. The molecular weight excluding hydrogens is 369 g/mol. The van der Waals surface area contributed by atoms with Gasteiger partial charge in [0.05, 0.1) is 18.1 Å². The van der Waals surface area contributed by atoms with E-state index >= 15 is 0 Å². The Morgan fingerprint density at radius 3 is 2.54 bits per heavy atom. The van der Waals surface area contributed by atoms with Gasteiger partial charge in [0.1, 0.15) is 5.75 Å². The van der Waals surface area contributed by atoms with Crippen molar-refractivity contribution in [2.45, 2.75) is 19.8 Å². The maximum atomic E-state index is 13.3. The van der Waals surface area contributed by atoms with E-state index in [0.29, 0.717) is 17.9 Å². The van der Waals surface area contributed by atoms with Crippen LogP contribution in [0.1, 0.15) is 30.1 Å². The number of unbranched alkanes of at least 4 members (excludes halogenated alkanes) is 1. The molecule has 0 bridgehead atoms. The van der Waals surface area contributed by atoms with Crippen LogP contribution < -0.4 is 15.4 Å². The molecule has 0 atom stereocenters. The molecule has 0 saturated heterocycles. The lowest BCUT2D eigenvalue weighted by atomic mass is 10.2. The van der Waals surface area contributed by atoms with Crippen molar-refractivity contribution in [1.82, 2.24) is 5.32 Å². The highest BCUT2D eigenvalue weighted by Crippen LogP contribution is 2.21. The van der Waals surface area contributed by atoms with Gasteiger partial charge in [-0.2, -0.15) is 4.39 Å². The van der Waals surface area contributed by atoms with E-state index in [2.05, 4.69) is 17.6 Å². The molecule has 2 rings (SSSR count). The number of hydrogen-bond acceptors (Lipinski definition) is 5. The van der Waals surface area contributed by atoms with Gasteiger partial charge in [-0.25, -0.2) is 0 Å². The van der Waals surface area contributed by atoms with Crippen molar-refractivity contribution in [3.63, 3.8) is 0 Å². The molecule has 148 valence electrons. The van der Waals surface area contributed by atoms with Gasteiger partial charge in [-0.05, 0) is 42.8 Å². The second-order valence-electron chi connectivity index (χ2n) is 5.88. The average molecular weight is 389 g/mol. The highest BCUT2D eigenvalue weighted by Gasteiger charge is 2.15. The van der Waals surface area contributed by atoms with Crippen molar-refractivity contribution in [2.24, 2.45) is 0 Å². The zero-order valence-corrected chi connectivity index (χ0v) is 15.2. The van der Waals surface area contributed by atoms with Gasteiger partial charge in [0.2, 0.25) is 11.7 Å². The molecule has 0 fully saturated rings. The number of halogens is 1. The Balaban J connectivity index is 1.86. The summed E-state index contributed by atoms with van der Waals surface area (Å²) in [5, 5.41) is 15.5. The molecule has 28 heavy (non-hydrogen) atoms. The first-order chi connectivity index (χ1) is 13.4. The summed E-state index contributed by atoms with van der Waals surface area (Å²) in [5.41, 5.74) is -0.336. The number of nitro groups is 1. The minimum absolute atomic E-state index is 0.0564. The third-order valence-corrected chi connectivity index (χ3v) is 3.72. The van der Waals surface area contributed by atoms with Crippen LogP contribution in [-0.2, 0) is 4.79 Å². The van der Waals surface area contributed by atoms with Crippen molar-refractivity contribution in [1.29, 1.82) is 0 Å². The van der Waals surface area contributed by atoms with E-state index in [1.807, 2.05) is 0 Å². The first-order valence-electron chi connectivity index (χ1n) is 8.65. The summed E-state index contributed by atoms with van der Waals surface area (Å²) in [6.45, 7) is 2.31. The minimum atomic E-state index is -1.00. The van der Waals surface area contributed by atoms with Gasteiger partial charge in [0.25, 0.3) is 5.91 Å². The molecule has 0 radical (unpaired) electrons. The standard InChI is InChI=1S/C19H20FN3O5/c1-2-3-10-28-15-7-4-13(5-8-15)19(25)21-12-18(24)22-14-6-9-16(20)17(11-14)23(26)27/h4-9,11H,2-3,10,12H2,1H3,(H,21,25)(H,22,24). The second kappa shape index (κ2) is 10.0. The van der Waals surface area contributed by atoms with Gasteiger partial charge in [-0.1, -0.05) is 13.3 Å². The lowest BCUT2D eigenvalue weighted by molar-refractivity contribution is -0.387. The topological polar surface area (TPSA) is 111 Å². The van der Waals surface area contributed by atoms with Crippen LogP contribution in [0.5, 0.6) is 5.75 Å². The molecule has 2 aromatic carbocycles. The number of benzene rings is 2. The lowest BCUT2D eigenvalue weighted by Crippen LogP contribution is -2.32. The predicted octanol–water partition coefficient (Wildman–Crippen LogP) is 3.28. The van der Waals surface area contributed by atoms with E-state index < -0.39 is 28.2 Å². The van der Waals surface area contributed by atoms with Crippen LogP contribution in [0.3, 0.4) is 0 Å². The fourth-order valence-electron chi connectivity index (χ4n) is 2.24. The molecule has 0 aliphatic carbocycles. The van der Waals surface area contributed by atoms with Gasteiger partial charge in [0.15, 0.2) is 0 Å². The van der Waals surface area contributed by atoms with Crippen molar-refractivity contribution in [2.75, 3.05) is 18.5 Å². The zero-order chi connectivity index (χ0) is 20.5. The van der Waals surface area contributed by atoms with Crippen molar-refractivity contribution < 1.29 is 23.6 Å². The second-order valence-corrected chi connectivity index (χ2v) is 5.88. The first-order valence-corrected chi connectivity index (χ1v) is 8.65. The van der Waals surface area contributed by atoms with E-state index in [-0.39, 0.29) is 12.2 Å². The van der Waals surface area contributed by atoms with Gasteiger partial charge < -0.3 is 15.4 Å². The predicted molar refractivity (Wildman–Crippen MR) is 101 cm³/mol. The Morgan fingerprint density at radius 2 is 1.89 bits per heavy atom. The Kier molecular flexibility index (Phi) is 7.44. The Labute approximate surface area is 160 Å². The molecule has 0 saturated carbocycles. The van der Waals surface area contributed by atoms with E-state index in [0.717, 1.165) is 25.0 Å². The third kappa shape index (κ3) is 6.04. The number of hydrogen-bond donors (Lipinski definition) is 2. The van der Waals surface area contributed by atoms with Crippen LogP contribution in [0.25, 0.3) is 0 Å². The number of amides is 2. The molecule has 0 spiro atoms. The number of carbonyl (C=O) groups is 2. The van der Waals surface area contributed by atoms with E-state index in [1.54, 1.807) is 24.3 Å². The molecule has 0 heterocycles. The van der Waals surface area contributed by atoms with Gasteiger partial charge in [0, 0.05) is 17.3 Å². The zero-order valence-electron chi connectivity index (χ0n) is 15.2. The van der Waals surface area contributed by atoms with Crippen LogP contribution in [0.4, 0.5) is 15.8 Å². The number of nitrogens with zero attached hydrogens (tertiary/aromatic N) is 1. The number of nitro benzene ring substituents is 1. The number of nitrogens with one attached hydrogen (secondary N) is 2. The lowest BCUT2D eigenvalue weighted by Gasteiger charge is -2.08. The summed E-state index contributed by atoms with van der Waals surface area (Å²) >= 11 is 0. The highest BCUT2D eigenvalue weighted by molar-refractivity contribution is 5.99. The quantitative estimate of drug-likeness (QED) is 0.388. The molecule has 2 amide bonds. The fourth-order valence-corrected chi connectivity index (χ4v) is 2.24. The maximum absolute atomic E-state index is 13.3. The first kappa shape index (κ1) is 20.8. The molecule has 0 aliphatic rings. The normalized spacial score (nSPS) is 10.2. The molecule has 2 N–H and O–H groups in total. The van der Waals surface area contributed by atoms with Crippen LogP contribution in [0, 0.1) is 15.9 Å². The van der Waals surface area contributed by atoms with Crippen LogP contribution in [0.15, 0.2) is 42.5 Å². The summed E-state index contributed by atoms with van der Waals surface area (Å²) < 4.78 is 18.8. The summed E-state index contributed by atoms with van der Waals surface area (Å²) in [6, 6.07) is 9.49. The number of carbonyl (C=O) groups excluding carboxylic acids is 2. The number of anilines is 1. The highest BCUT2D eigenvalue weighted by atomic mass is 19.1. The Morgan fingerprint density at radius 1 is 1.18 bits per heavy atom. The van der Waals surface area contributed by atoms with Crippen molar-refractivity contribution >= 4 is 23.2 Å². The maximum Gasteiger partial charge on any atom is 0.306 e. The average Bonchev–Trinajstić information content (AvgIpc) is 2.68. The molecule has 9 heteroatoms. The van der Waals surface area contributed by atoms with Gasteiger partial charge in [-0.15, -0.1) is 0 Å². The van der Waals surface area contributed by atoms with E-state index in [1.165, 1.54) is 6.07 Å². The summed E-state index contributed by atoms with van der Waals surface area (Å²) in [5.74, 6) is -1.41. The molecule has 0 unspecified atom stereocenters. The summed E-state index contributed by atoms with van der Waals surface area (Å²) in [7, 11) is 0. The summed E-state index contributed by atoms with van der Waals surface area (Å²) in [4.78, 5) is 33.8. The molecule has 0 aromatic heterocycles. The molecular formula is C19H20FN3O5. The van der Waals surface area contributed by atoms with Crippen LogP contribution >= 0.6 is 0 Å². The van der Waals surface area contributed by atoms with E-state index in [9.17, 15) is 24.1 Å². The van der Waals surface area contributed by atoms with Crippen molar-refractivity contribution in [3.8, 4) is 5.75 Å². The minimum Gasteiger partial charge on any atom is -0.494 e. The van der Waals surface area contributed by atoms with Crippen LogP contribution in [0.2, 0.25) is 0 Å². The largest absolute Gasteiger partial charge is 0.494 e. The van der Waals surface area contributed by atoms with E-state index in [4.69, 9.17) is 4.74 Å². The number of rotatable bonds is 9. The van der Waals surface area contributed by atoms with Crippen molar-refractivity contribution in [3.05, 3.63) is 64.0 Å². The molecule has 2 aromatic rings. The molecule has 0 aliphatic heterocycles.